The largest absolute Gasteiger partial charge is 0.497 e. The number of methoxy groups -OCH3 is 3. The number of nitrogen functional groups attached to an aromatic ring is 2. The zero-order valence-electron chi connectivity index (χ0n) is 33.8. The summed E-state index contributed by atoms with van der Waals surface area (Å²) in [7, 11) is -5.30. The summed E-state index contributed by atoms with van der Waals surface area (Å²) in [6.07, 6.45) is -2.97. The number of nitrogens with two attached hydrogens (primary N) is 2. The van der Waals surface area contributed by atoms with E-state index in [1.54, 1.807) is 78.9 Å². The molecule has 0 radical (unpaired) electrons. The average molecular weight is 888 g/mol. The van der Waals surface area contributed by atoms with Crippen LogP contribution in [0.3, 0.4) is 0 Å². The first-order valence-corrected chi connectivity index (χ1v) is 21.7. The van der Waals surface area contributed by atoms with Crippen LogP contribution in [0.5, 0.6) is 17.2 Å². The number of sulfonamides is 2. The van der Waals surface area contributed by atoms with Crippen LogP contribution in [-0.4, -0.2) is 98.2 Å². The molecule has 0 aliphatic carbocycles. The summed E-state index contributed by atoms with van der Waals surface area (Å²) >= 11 is 0. The van der Waals surface area contributed by atoms with E-state index in [2.05, 4.69) is 20.1 Å². The first-order chi connectivity index (χ1) is 29.6. The van der Waals surface area contributed by atoms with Gasteiger partial charge in [-0.1, -0.05) is 48.5 Å². The molecule has 21 heteroatoms. The molecular formula is C41H45N9O10S2. The molecule has 6 rings (SSSR count). The van der Waals surface area contributed by atoms with Crippen LogP contribution in [0.4, 0.5) is 16.2 Å². The molecule has 1 amide bonds. The van der Waals surface area contributed by atoms with Gasteiger partial charge in [-0.3, -0.25) is 0 Å². The van der Waals surface area contributed by atoms with E-state index in [1.165, 1.54) is 44.3 Å². The van der Waals surface area contributed by atoms with Crippen LogP contribution < -0.4 is 35.7 Å². The van der Waals surface area contributed by atoms with Crippen LogP contribution in [0.2, 0.25) is 0 Å². The van der Waals surface area contributed by atoms with E-state index in [-0.39, 0.29) is 48.0 Å². The molecular weight excluding hydrogens is 843 g/mol. The van der Waals surface area contributed by atoms with E-state index in [0.29, 0.717) is 33.9 Å². The number of aliphatic hydroxyl groups excluding tert-OH is 1. The maximum Gasteiger partial charge on any atom is 0.404 e. The number of ether oxygens (including phenoxy) is 3. The Morgan fingerprint density at radius 3 is 1.82 bits per heavy atom. The summed E-state index contributed by atoms with van der Waals surface area (Å²) in [5, 5.41) is 34.6. The summed E-state index contributed by atoms with van der Waals surface area (Å²) in [5.74, 6) is 1.42. The summed E-state index contributed by atoms with van der Waals surface area (Å²) < 4.78 is 79.7. The zero-order valence-corrected chi connectivity index (χ0v) is 35.4. The topological polar surface area (TPSA) is 276 Å². The van der Waals surface area contributed by atoms with Crippen LogP contribution in [0.15, 0.2) is 113 Å². The number of anilines is 2. The first-order valence-electron chi connectivity index (χ1n) is 18.8. The molecule has 0 spiro atoms. The Hall–Kier alpha value is -6.78. The van der Waals surface area contributed by atoms with E-state index < -0.39 is 55.1 Å². The molecule has 0 saturated heterocycles. The molecule has 0 aliphatic heterocycles. The second-order valence-corrected chi connectivity index (χ2v) is 17.4. The van der Waals surface area contributed by atoms with Crippen LogP contribution in [0.1, 0.15) is 16.7 Å². The molecule has 0 bridgehead atoms. The number of aromatic nitrogens is 4. The second-order valence-electron chi connectivity index (χ2n) is 13.8. The number of nitrogens with zero attached hydrogens (tertiary/aromatic N) is 5. The van der Waals surface area contributed by atoms with E-state index >= 15 is 8.42 Å². The molecule has 1 atom stereocenters. The molecule has 1 heterocycles. The SMILES string of the molecule is COc1ccc(CN(Cc2ccc(OC)cc2)S(=O)(=O)c2c(S(=O)(=O)NCC(O)CNC(=O)O)ccc(-c3ccc(N)c(N)c3)c2-c2nnn(Cc3ccc(OC)cc3)n2)cc1. The number of tetrazole rings is 1. The maximum atomic E-state index is 15.7. The normalized spacial score (nSPS) is 12.2. The second kappa shape index (κ2) is 19.3. The van der Waals surface area contributed by atoms with Gasteiger partial charge in [-0.25, -0.2) is 26.4 Å². The van der Waals surface area contributed by atoms with Gasteiger partial charge in [-0.05, 0) is 87.6 Å². The van der Waals surface area contributed by atoms with Gasteiger partial charge in [-0.15, -0.1) is 10.2 Å². The van der Waals surface area contributed by atoms with Crippen LogP contribution in [0, 0.1) is 0 Å². The number of benzene rings is 5. The Bertz CT molecular complexity index is 2680. The molecule has 1 unspecified atom stereocenters. The smallest absolute Gasteiger partial charge is 0.404 e. The molecule has 0 aliphatic rings. The van der Waals surface area contributed by atoms with Gasteiger partial charge < -0.3 is 41.2 Å². The lowest BCUT2D eigenvalue weighted by atomic mass is 9.98. The van der Waals surface area contributed by atoms with Gasteiger partial charge in [0.25, 0.3) is 0 Å². The number of nitrogens with one attached hydrogen (secondary N) is 2. The molecule has 1 aromatic heterocycles. The summed E-state index contributed by atoms with van der Waals surface area (Å²) in [6.45, 7) is -1.62. The molecule has 326 valence electrons. The van der Waals surface area contributed by atoms with Crippen LogP contribution in [-0.2, 0) is 39.7 Å². The van der Waals surface area contributed by atoms with Gasteiger partial charge in [0.15, 0.2) is 0 Å². The molecule has 19 nitrogen and oxygen atoms in total. The quantitative estimate of drug-likeness (QED) is 0.0635. The van der Waals surface area contributed by atoms with Crippen molar-refractivity contribution in [2.75, 3.05) is 45.9 Å². The van der Waals surface area contributed by atoms with Crippen molar-refractivity contribution in [2.24, 2.45) is 0 Å². The minimum absolute atomic E-state index is 0.0894. The number of rotatable bonds is 19. The minimum atomic E-state index is -4.98. The number of hydrogen-bond donors (Lipinski definition) is 6. The molecule has 0 saturated carbocycles. The van der Waals surface area contributed by atoms with Gasteiger partial charge >= 0.3 is 6.09 Å². The lowest BCUT2D eigenvalue weighted by molar-refractivity contribution is 0.159. The van der Waals surface area contributed by atoms with Crippen molar-refractivity contribution >= 4 is 37.5 Å². The van der Waals surface area contributed by atoms with Crippen LogP contribution >= 0.6 is 0 Å². The third-order valence-electron chi connectivity index (χ3n) is 9.60. The van der Waals surface area contributed by atoms with Crippen molar-refractivity contribution in [3.8, 4) is 39.8 Å². The fraction of sp³-hybridized carbons (Fsp3) is 0.220. The highest BCUT2D eigenvalue weighted by atomic mass is 32.2. The summed E-state index contributed by atoms with van der Waals surface area (Å²) in [5.41, 5.74) is 14.8. The van der Waals surface area contributed by atoms with E-state index in [0.717, 1.165) is 15.9 Å². The van der Waals surface area contributed by atoms with Crippen LogP contribution in [0.25, 0.3) is 22.5 Å². The highest BCUT2D eigenvalue weighted by Crippen LogP contribution is 2.42. The van der Waals surface area contributed by atoms with Gasteiger partial charge in [-0.2, -0.15) is 9.10 Å². The Kier molecular flexibility index (Phi) is 13.9. The van der Waals surface area contributed by atoms with Gasteiger partial charge in [0, 0.05) is 26.2 Å². The number of carbonyl (C=O) groups is 1. The van der Waals surface area contributed by atoms with Crippen molar-refractivity contribution in [1.29, 1.82) is 0 Å². The number of hydrogen-bond acceptors (Lipinski definition) is 14. The van der Waals surface area contributed by atoms with Gasteiger partial charge in [0.05, 0.1) is 50.9 Å². The molecule has 62 heavy (non-hydrogen) atoms. The third-order valence-corrected chi connectivity index (χ3v) is 13.1. The molecule has 5 aromatic carbocycles. The number of aliphatic hydroxyl groups is 1. The molecule has 0 fully saturated rings. The Labute approximate surface area is 358 Å². The monoisotopic (exact) mass is 887 g/mol. The fourth-order valence-corrected chi connectivity index (χ4v) is 9.81. The Morgan fingerprint density at radius 1 is 0.758 bits per heavy atom. The van der Waals surface area contributed by atoms with Crippen molar-refractivity contribution in [3.63, 3.8) is 0 Å². The van der Waals surface area contributed by atoms with Crippen molar-refractivity contribution in [3.05, 3.63) is 120 Å². The van der Waals surface area contributed by atoms with E-state index in [4.69, 9.17) is 30.8 Å². The average Bonchev–Trinajstić information content (AvgIpc) is 3.73. The standard InChI is InChI=1S/C41H45N9O10S2/c1-58-31-11-4-26(5-12-31)23-49(24-27-6-13-32(59-2)14-7-27)62(56,57)39-37(61(54,55)45-22-30(51)21-44-41(52)53)19-17-34(29-10-18-35(42)36(43)20-29)38(39)40-46-48-50(47-40)25-28-8-15-33(60-3)16-9-28/h4-20,30,44-45,51H,21-25,42-43H2,1-3H3,(H,52,53). The zero-order chi connectivity index (χ0) is 44.6. The first kappa shape index (κ1) is 44.8. The number of amides is 1. The minimum Gasteiger partial charge on any atom is -0.497 e. The summed E-state index contributed by atoms with van der Waals surface area (Å²) in [6, 6.07) is 27.6. The van der Waals surface area contributed by atoms with Crippen molar-refractivity contribution in [1.82, 2.24) is 34.6 Å². The molecule has 8 N–H and O–H groups in total. The predicted octanol–water partition coefficient (Wildman–Crippen LogP) is 3.54. The third kappa shape index (κ3) is 10.6. The van der Waals surface area contributed by atoms with Crippen molar-refractivity contribution in [2.45, 2.75) is 35.5 Å². The highest BCUT2D eigenvalue weighted by molar-refractivity contribution is 7.92. The van der Waals surface area contributed by atoms with E-state index in [1.807, 2.05) is 5.32 Å². The number of carboxylic acid groups (broad SMARTS) is 1. The summed E-state index contributed by atoms with van der Waals surface area (Å²) in [4.78, 5) is 10.9. The molecule has 6 aromatic rings. The maximum absolute atomic E-state index is 15.7. The van der Waals surface area contributed by atoms with Gasteiger partial charge in [0.1, 0.15) is 27.0 Å². The highest BCUT2D eigenvalue weighted by Gasteiger charge is 2.38. The lowest BCUT2D eigenvalue weighted by Crippen LogP contribution is -2.40. The van der Waals surface area contributed by atoms with Gasteiger partial charge in [0.2, 0.25) is 25.9 Å². The van der Waals surface area contributed by atoms with E-state index in [9.17, 15) is 18.3 Å². The predicted molar refractivity (Wildman–Crippen MR) is 229 cm³/mol. The fourth-order valence-electron chi connectivity index (χ4n) is 6.33. The van der Waals surface area contributed by atoms with Crippen molar-refractivity contribution < 1.29 is 46.1 Å². The Balaban J connectivity index is 1.60. The Morgan fingerprint density at radius 2 is 1.31 bits per heavy atom. The lowest BCUT2D eigenvalue weighted by Gasteiger charge is -2.26.